The zero-order valence-electron chi connectivity index (χ0n) is 15.0. The van der Waals surface area contributed by atoms with Crippen LogP contribution in [0.15, 0.2) is 39.2 Å². The third-order valence-electron chi connectivity index (χ3n) is 4.60. The molecular formula is C18H23N5O3. The molecular weight excluding hydrogens is 334 g/mol. The van der Waals surface area contributed by atoms with Gasteiger partial charge in [0.05, 0.1) is 13.2 Å². The third-order valence-corrected chi connectivity index (χ3v) is 4.60. The maximum Gasteiger partial charge on any atom is 0.307 e. The lowest BCUT2D eigenvalue weighted by Gasteiger charge is -2.20. The van der Waals surface area contributed by atoms with Crippen LogP contribution in [0.5, 0.6) is 5.75 Å². The highest BCUT2D eigenvalue weighted by Crippen LogP contribution is 2.22. The van der Waals surface area contributed by atoms with Crippen molar-refractivity contribution in [1.29, 1.82) is 0 Å². The summed E-state index contributed by atoms with van der Waals surface area (Å²) in [4.78, 5) is 24.4. The Morgan fingerprint density at radius 3 is 2.50 bits per heavy atom. The SMILES string of the molecule is COc1ccc(NC2=NC(=NC3CCCCC3)N=C(C)[C@H]2[N+](=O)[O-])cc1. The maximum absolute atomic E-state index is 11.5. The molecule has 26 heavy (non-hydrogen) atoms. The Balaban J connectivity index is 1.86. The van der Waals surface area contributed by atoms with E-state index in [1.165, 1.54) is 6.42 Å². The van der Waals surface area contributed by atoms with Crippen LogP contribution in [-0.4, -0.2) is 41.6 Å². The Hall–Kier alpha value is -2.77. The molecule has 0 bridgehead atoms. The van der Waals surface area contributed by atoms with Crippen LogP contribution in [0.25, 0.3) is 0 Å². The minimum Gasteiger partial charge on any atom is -0.497 e. The number of methoxy groups -OCH3 is 1. The maximum atomic E-state index is 11.5. The quantitative estimate of drug-likeness (QED) is 0.659. The van der Waals surface area contributed by atoms with Gasteiger partial charge in [0.2, 0.25) is 5.96 Å². The Kier molecular flexibility index (Phi) is 5.60. The number of anilines is 1. The summed E-state index contributed by atoms with van der Waals surface area (Å²) in [6.45, 7) is 1.65. The number of ether oxygens (including phenoxy) is 1. The average Bonchev–Trinajstić information content (AvgIpc) is 2.62. The normalized spacial score (nSPS) is 22.5. The third kappa shape index (κ3) is 4.25. The predicted octanol–water partition coefficient (Wildman–Crippen LogP) is 3.31. The molecule has 1 N–H and O–H groups in total. The monoisotopic (exact) mass is 357 g/mol. The Morgan fingerprint density at radius 2 is 1.88 bits per heavy atom. The van der Waals surface area contributed by atoms with Gasteiger partial charge in [-0.25, -0.2) is 9.98 Å². The van der Waals surface area contributed by atoms with Gasteiger partial charge in [-0.05, 0) is 44.0 Å². The molecule has 138 valence electrons. The molecule has 0 saturated heterocycles. The van der Waals surface area contributed by atoms with E-state index < -0.39 is 6.04 Å². The molecule has 3 rings (SSSR count). The minimum absolute atomic E-state index is 0.202. The van der Waals surface area contributed by atoms with Crippen LogP contribution in [0, 0.1) is 10.1 Å². The van der Waals surface area contributed by atoms with Crippen molar-refractivity contribution < 1.29 is 9.66 Å². The standard InChI is InChI=1S/C18H23N5O3/c1-12-16(23(24)25)17(20-14-8-10-15(26-2)11-9-14)22-18(19-12)21-13-6-4-3-5-7-13/h8-11,13,16H,3-7H2,1-2H3,(H,20,21,22)/t16-/m1/s1. The number of amidine groups is 1. The first kappa shape index (κ1) is 18.0. The van der Waals surface area contributed by atoms with Crippen molar-refractivity contribution in [3.63, 3.8) is 0 Å². The number of nitrogens with zero attached hydrogens (tertiary/aromatic N) is 4. The molecule has 0 amide bonds. The first-order valence-electron chi connectivity index (χ1n) is 8.83. The van der Waals surface area contributed by atoms with Crippen LogP contribution in [0.3, 0.4) is 0 Å². The molecule has 0 unspecified atom stereocenters. The highest BCUT2D eigenvalue weighted by atomic mass is 16.6. The van der Waals surface area contributed by atoms with Crippen molar-refractivity contribution in [2.75, 3.05) is 12.4 Å². The van der Waals surface area contributed by atoms with Gasteiger partial charge in [-0.2, -0.15) is 4.99 Å². The van der Waals surface area contributed by atoms with Crippen molar-refractivity contribution in [2.45, 2.75) is 51.1 Å². The summed E-state index contributed by atoms with van der Waals surface area (Å²) >= 11 is 0. The van der Waals surface area contributed by atoms with Crippen molar-refractivity contribution in [2.24, 2.45) is 15.0 Å². The topological polar surface area (TPSA) is 101 Å². The number of nitrogens with one attached hydrogen (secondary N) is 1. The zero-order chi connectivity index (χ0) is 18.5. The largest absolute Gasteiger partial charge is 0.497 e. The number of hydrogen-bond acceptors (Lipinski definition) is 5. The number of guanidine groups is 1. The number of benzene rings is 1. The van der Waals surface area contributed by atoms with Crippen LogP contribution >= 0.6 is 0 Å². The molecule has 1 fully saturated rings. The molecule has 0 radical (unpaired) electrons. The van der Waals surface area contributed by atoms with E-state index in [1.54, 1.807) is 38.3 Å². The lowest BCUT2D eigenvalue weighted by molar-refractivity contribution is -0.484. The molecule has 8 nitrogen and oxygen atoms in total. The molecule has 0 spiro atoms. The van der Waals surface area contributed by atoms with Crippen molar-refractivity contribution in [3.8, 4) is 5.75 Å². The highest BCUT2D eigenvalue weighted by molar-refractivity contribution is 6.22. The van der Waals surface area contributed by atoms with Crippen LogP contribution < -0.4 is 10.1 Å². The molecule has 1 aromatic rings. The van der Waals surface area contributed by atoms with E-state index in [4.69, 9.17) is 4.74 Å². The second-order valence-corrected chi connectivity index (χ2v) is 6.51. The van der Waals surface area contributed by atoms with E-state index in [1.807, 2.05) is 0 Å². The fraction of sp³-hybridized carbons (Fsp3) is 0.500. The molecule has 1 aliphatic carbocycles. The predicted molar refractivity (Wildman–Crippen MR) is 102 cm³/mol. The molecule has 1 aliphatic heterocycles. The summed E-state index contributed by atoms with van der Waals surface area (Å²) in [5.41, 5.74) is 1.08. The van der Waals surface area contributed by atoms with E-state index in [0.29, 0.717) is 23.1 Å². The van der Waals surface area contributed by atoms with E-state index in [9.17, 15) is 10.1 Å². The molecule has 1 aromatic carbocycles. The number of nitro groups is 1. The van der Waals surface area contributed by atoms with Gasteiger partial charge in [0.1, 0.15) is 11.5 Å². The number of hydrogen-bond donors (Lipinski definition) is 1. The second kappa shape index (κ2) is 8.07. The molecule has 2 aliphatic rings. The van der Waals surface area contributed by atoms with Gasteiger partial charge in [0.25, 0.3) is 0 Å². The molecule has 1 saturated carbocycles. The van der Waals surface area contributed by atoms with Crippen LogP contribution in [0.1, 0.15) is 39.0 Å². The number of aliphatic imine (C=N–C) groups is 3. The van der Waals surface area contributed by atoms with E-state index in [2.05, 4.69) is 20.3 Å². The molecule has 8 heteroatoms. The summed E-state index contributed by atoms with van der Waals surface area (Å²) < 4.78 is 5.13. The lowest BCUT2D eigenvalue weighted by atomic mass is 9.96. The first-order chi connectivity index (χ1) is 12.6. The lowest BCUT2D eigenvalue weighted by Crippen LogP contribution is -2.43. The van der Waals surface area contributed by atoms with E-state index >= 15 is 0 Å². The second-order valence-electron chi connectivity index (χ2n) is 6.51. The summed E-state index contributed by atoms with van der Waals surface area (Å²) in [7, 11) is 1.59. The first-order valence-corrected chi connectivity index (χ1v) is 8.83. The minimum atomic E-state index is -1.09. The highest BCUT2D eigenvalue weighted by Gasteiger charge is 2.35. The number of rotatable bonds is 4. The molecule has 1 atom stereocenters. The molecule has 0 aromatic heterocycles. The van der Waals surface area contributed by atoms with Gasteiger partial charge in [-0.3, -0.25) is 10.1 Å². The fourth-order valence-corrected chi connectivity index (χ4v) is 3.21. The molecule has 1 heterocycles. The average molecular weight is 357 g/mol. The van der Waals surface area contributed by atoms with Crippen molar-refractivity contribution in [3.05, 3.63) is 34.4 Å². The van der Waals surface area contributed by atoms with Crippen molar-refractivity contribution >= 4 is 23.2 Å². The Morgan fingerprint density at radius 1 is 1.19 bits per heavy atom. The van der Waals surface area contributed by atoms with Gasteiger partial charge in [-0.15, -0.1) is 0 Å². The van der Waals surface area contributed by atoms with Crippen LogP contribution in [-0.2, 0) is 0 Å². The van der Waals surface area contributed by atoms with E-state index in [-0.39, 0.29) is 16.8 Å². The fourth-order valence-electron chi connectivity index (χ4n) is 3.21. The van der Waals surface area contributed by atoms with Crippen LogP contribution in [0.2, 0.25) is 0 Å². The van der Waals surface area contributed by atoms with Gasteiger partial charge in [0.15, 0.2) is 5.84 Å². The van der Waals surface area contributed by atoms with Gasteiger partial charge >= 0.3 is 6.04 Å². The Bertz CT molecular complexity index is 749. The van der Waals surface area contributed by atoms with Gasteiger partial charge in [-0.1, -0.05) is 19.3 Å². The van der Waals surface area contributed by atoms with Crippen molar-refractivity contribution in [1.82, 2.24) is 0 Å². The summed E-state index contributed by atoms with van der Waals surface area (Å²) in [5, 5.41) is 14.6. The van der Waals surface area contributed by atoms with E-state index in [0.717, 1.165) is 25.7 Å². The van der Waals surface area contributed by atoms with Gasteiger partial charge < -0.3 is 10.1 Å². The summed E-state index contributed by atoms with van der Waals surface area (Å²) in [6.07, 6.45) is 5.59. The Labute approximate surface area is 152 Å². The summed E-state index contributed by atoms with van der Waals surface area (Å²) in [5.74, 6) is 1.27. The zero-order valence-corrected chi connectivity index (χ0v) is 15.0. The van der Waals surface area contributed by atoms with Crippen LogP contribution in [0.4, 0.5) is 5.69 Å². The van der Waals surface area contributed by atoms with Gasteiger partial charge in [0, 0.05) is 10.6 Å². The smallest absolute Gasteiger partial charge is 0.307 e. The summed E-state index contributed by atoms with van der Waals surface area (Å²) in [6, 6.07) is 6.25.